The van der Waals surface area contributed by atoms with E-state index in [4.69, 9.17) is 4.98 Å². The van der Waals surface area contributed by atoms with Crippen molar-refractivity contribution in [1.29, 1.82) is 0 Å². The Bertz CT molecular complexity index is 1350. The summed E-state index contributed by atoms with van der Waals surface area (Å²) in [7, 11) is 1.93. The number of aryl methyl sites for hydroxylation is 3. The molecule has 0 bridgehead atoms. The van der Waals surface area contributed by atoms with E-state index in [1.54, 1.807) is 12.4 Å². The zero-order valence-electron chi connectivity index (χ0n) is 19.6. The highest BCUT2D eigenvalue weighted by Gasteiger charge is 2.22. The predicted molar refractivity (Wildman–Crippen MR) is 130 cm³/mol. The summed E-state index contributed by atoms with van der Waals surface area (Å²) in [6, 6.07) is 9.76. The molecule has 0 atom stereocenters. The molecule has 1 amide bonds. The number of amides is 1. The molecular weight excluding hydrogens is 426 g/mol. The van der Waals surface area contributed by atoms with Crippen molar-refractivity contribution in [1.82, 2.24) is 30.0 Å². The topological polar surface area (TPSA) is 88.8 Å². The molecule has 1 aliphatic heterocycles. The number of anilines is 1. The van der Waals surface area contributed by atoms with E-state index in [-0.39, 0.29) is 5.91 Å². The number of carbonyl (C=O) groups is 1. The van der Waals surface area contributed by atoms with Gasteiger partial charge in [-0.15, -0.1) is 0 Å². The average molecular weight is 454 g/mol. The number of hydrogen-bond donors (Lipinski definition) is 1. The maximum Gasteiger partial charge on any atom is 0.253 e. The van der Waals surface area contributed by atoms with Crippen molar-refractivity contribution in [3.63, 3.8) is 0 Å². The van der Waals surface area contributed by atoms with Crippen LogP contribution in [-0.2, 0) is 26.6 Å². The maximum atomic E-state index is 12.6. The Morgan fingerprint density at radius 3 is 2.74 bits per heavy atom. The van der Waals surface area contributed by atoms with Crippen LogP contribution in [0.1, 0.15) is 38.6 Å². The Balaban J connectivity index is 1.32. The molecule has 0 saturated heterocycles. The van der Waals surface area contributed by atoms with Gasteiger partial charge in [0.1, 0.15) is 5.82 Å². The van der Waals surface area contributed by atoms with Gasteiger partial charge in [-0.25, -0.2) is 4.98 Å². The van der Waals surface area contributed by atoms with E-state index in [9.17, 15) is 4.79 Å². The lowest BCUT2D eigenvalue weighted by molar-refractivity contribution is 0.0950. The smallest absolute Gasteiger partial charge is 0.253 e. The van der Waals surface area contributed by atoms with E-state index in [1.807, 2.05) is 62.2 Å². The highest BCUT2D eigenvalue weighted by molar-refractivity contribution is 5.94. The number of fused-ring (bicyclic) bond motifs is 1. The molecule has 5 rings (SSSR count). The molecule has 0 aromatic carbocycles. The number of hydrogen-bond acceptors (Lipinski definition) is 6. The Kier molecular flexibility index (Phi) is 5.79. The van der Waals surface area contributed by atoms with E-state index in [0.29, 0.717) is 12.1 Å². The van der Waals surface area contributed by atoms with Gasteiger partial charge < -0.3 is 10.2 Å². The third-order valence-electron chi connectivity index (χ3n) is 6.13. The zero-order valence-corrected chi connectivity index (χ0v) is 19.6. The summed E-state index contributed by atoms with van der Waals surface area (Å²) < 4.78 is 1.83. The summed E-state index contributed by atoms with van der Waals surface area (Å²) in [6.07, 6.45) is 8.20. The zero-order chi connectivity index (χ0) is 23.7. The van der Waals surface area contributed by atoms with Crippen molar-refractivity contribution in [2.75, 3.05) is 11.4 Å². The summed E-state index contributed by atoms with van der Waals surface area (Å²) in [5.41, 5.74) is 7.84. The summed E-state index contributed by atoms with van der Waals surface area (Å²) in [5, 5.41) is 7.37. The van der Waals surface area contributed by atoms with Gasteiger partial charge in [0.05, 0.1) is 23.5 Å². The lowest BCUT2D eigenvalue weighted by atomic mass is 10.0. The molecule has 4 aromatic heterocycles. The normalized spacial score (nSPS) is 13.0. The standard InChI is InChI=1S/C26H27N7O/c1-17-10-20(26(34)30-14-22-6-4-5-8-27-22)13-29-25(17)33-9-7-24-21(15-33)11-19(12-28-24)23-16-32(3)31-18(23)2/h4-6,8,10-13,16H,7,9,14-15H2,1-3H3,(H,30,34). The molecule has 1 aliphatic rings. The van der Waals surface area contributed by atoms with E-state index >= 15 is 0 Å². The molecule has 4 aromatic rings. The Morgan fingerprint density at radius 2 is 2.00 bits per heavy atom. The minimum Gasteiger partial charge on any atom is -0.352 e. The molecule has 8 heteroatoms. The second-order valence-electron chi connectivity index (χ2n) is 8.67. The summed E-state index contributed by atoms with van der Waals surface area (Å²) in [4.78, 5) is 28.5. The highest BCUT2D eigenvalue weighted by atomic mass is 16.1. The Morgan fingerprint density at radius 1 is 1.12 bits per heavy atom. The fourth-order valence-electron chi connectivity index (χ4n) is 4.44. The van der Waals surface area contributed by atoms with Gasteiger partial charge >= 0.3 is 0 Å². The van der Waals surface area contributed by atoms with Gasteiger partial charge in [-0.2, -0.15) is 5.10 Å². The number of nitrogens with zero attached hydrogens (tertiary/aromatic N) is 6. The first-order chi connectivity index (χ1) is 16.5. The van der Waals surface area contributed by atoms with Crippen LogP contribution in [0.4, 0.5) is 5.82 Å². The van der Waals surface area contributed by atoms with Crippen molar-refractivity contribution in [2.45, 2.75) is 33.4 Å². The molecule has 5 heterocycles. The van der Waals surface area contributed by atoms with Crippen LogP contribution in [-0.4, -0.2) is 37.2 Å². The van der Waals surface area contributed by atoms with Crippen molar-refractivity contribution in [3.05, 3.63) is 88.9 Å². The van der Waals surface area contributed by atoms with Crippen LogP contribution in [0.25, 0.3) is 11.1 Å². The molecule has 34 heavy (non-hydrogen) atoms. The Hall–Kier alpha value is -4.07. The fourth-order valence-corrected chi connectivity index (χ4v) is 4.44. The average Bonchev–Trinajstić information content (AvgIpc) is 3.20. The number of pyridine rings is 3. The monoisotopic (exact) mass is 453 g/mol. The van der Waals surface area contributed by atoms with Gasteiger partial charge in [0.15, 0.2) is 0 Å². The van der Waals surface area contributed by atoms with Gasteiger partial charge in [-0.1, -0.05) is 6.07 Å². The van der Waals surface area contributed by atoms with Crippen LogP contribution in [0.3, 0.4) is 0 Å². The van der Waals surface area contributed by atoms with Crippen molar-refractivity contribution >= 4 is 11.7 Å². The highest BCUT2D eigenvalue weighted by Crippen LogP contribution is 2.29. The molecular formula is C26H27N7O. The lowest BCUT2D eigenvalue weighted by Gasteiger charge is -2.30. The summed E-state index contributed by atoms with van der Waals surface area (Å²) in [5.74, 6) is 0.743. The van der Waals surface area contributed by atoms with Gasteiger partial charge in [0.25, 0.3) is 5.91 Å². The first-order valence-corrected chi connectivity index (χ1v) is 11.4. The van der Waals surface area contributed by atoms with E-state index in [2.05, 4.69) is 31.3 Å². The SMILES string of the molecule is Cc1cc(C(=O)NCc2ccccn2)cnc1N1CCc2ncc(-c3cn(C)nc3C)cc2C1. The van der Waals surface area contributed by atoms with Gasteiger partial charge in [-0.05, 0) is 49.2 Å². The quantitative estimate of drug-likeness (QED) is 0.498. The predicted octanol–water partition coefficient (Wildman–Crippen LogP) is 3.38. The van der Waals surface area contributed by atoms with Crippen LogP contribution >= 0.6 is 0 Å². The van der Waals surface area contributed by atoms with E-state index in [0.717, 1.165) is 59.1 Å². The van der Waals surface area contributed by atoms with Crippen LogP contribution in [0.2, 0.25) is 0 Å². The van der Waals surface area contributed by atoms with Crippen molar-refractivity contribution in [3.8, 4) is 11.1 Å². The molecule has 1 N–H and O–H groups in total. The molecule has 8 nitrogen and oxygen atoms in total. The maximum absolute atomic E-state index is 12.6. The third kappa shape index (κ3) is 4.39. The van der Waals surface area contributed by atoms with E-state index in [1.165, 1.54) is 5.56 Å². The molecule has 0 radical (unpaired) electrons. The second kappa shape index (κ2) is 9.05. The molecule has 172 valence electrons. The largest absolute Gasteiger partial charge is 0.352 e. The second-order valence-corrected chi connectivity index (χ2v) is 8.67. The van der Waals surface area contributed by atoms with Crippen LogP contribution < -0.4 is 10.2 Å². The van der Waals surface area contributed by atoms with Crippen LogP contribution in [0.15, 0.2) is 55.1 Å². The Labute approximate surface area is 198 Å². The van der Waals surface area contributed by atoms with Crippen molar-refractivity contribution < 1.29 is 4.79 Å². The minimum atomic E-state index is -0.155. The molecule has 0 aliphatic carbocycles. The van der Waals surface area contributed by atoms with Gasteiger partial charge in [-0.3, -0.25) is 19.4 Å². The van der Waals surface area contributed by atoms with Gasteiger partial charge in [0.2, 0.25) is 0 Å². The number of carbonyl (C=O) groups excluding carboxylic acids is 1. The summed E-state index contributed by atoms with van der Waals surface area (Å²) in [6.45, 7) is 5.97. The van der Waals surface area contributed by atoms with Gasteiger partial charge in [0, 0.05) is 68.2 Å². The van der Waals surface area contributed by atoms with Crippen molar-refractivity contribution in [2.24, 2.45) is 7.05 Å². The number of nitrogens with one attached hydrogen (secondary N) is 1. The van der Waals surface area contributed by atoms with E-state index < -0.39 is 0 Å². The van der Waals surface area contributed by atoms with Crippen LogP contribution in [0, 0.1) is 13.8 Å². The molecule has 0 saturated carbocycles. The fraction of sp³-hybridized carbons (Fsp3) is 0.269. The first-order valence-electron chi connectivity index (χ1n) is 11.4. The number of aromatic nitrogens is 5. The summed E-state index contributed by atoms with van der Waals surface area (Å²) >= 11 is 0. The molecule has 0 fully saturated rings. The van der Waals surface area contributed by atoms with Crippen LogP contribution in [0.5, 0.6) is 0 Å². The molecule has 0 spiro atoms. The number of rotatable bonds is 5. The lowest BCUT2D eigenvalue weighted by Crippen LogP contribution is -2.32. The minimum absolute atomic E-state index is 0.155. The third-order valence-corrected chi connectivity index (χ3v) is 6.13. The molecule has 0 unspecified atom stereocenters. The first kappa shape index (κ1) is 21.8.